The van der Waals surface area contributed by atoms with Crippen LogP contribution in [0.25, 0.3) is 0 Å². The smallest absolute Gasteiger partial charge is 0.444 e. The van der Waals surface area contributed by atoms with Gasteiger partial charge in [-0.1, -0.05) is 30.3 Å². The van der Waals surface area contributed by atoms with E-state index in [1.165, 1.54) is 0 Å². The number of carbonyl (C=O) groups is 3. The minimum absolute atomic E-state index is 0. The van der Waals surface area contributed by atoms with Gasteiger partial charge in [0.25, 0.3) is 11.3 Å². The number of anilines is 1. The number of guanidine groups is 1. The molecule has 0 aliphatic rings. The normalized spacial score (nSPS) is 11.4. The molecule has 2 aromatic rings. The molecule has 0 aliphatic carbocycles. The van der Waals surface area contributed by atoms with Gasteiger partial charge >= 0.3 is 12.3 Å². The lowest BCUT2D eigenvalue weighted by molar-refractivity contribution is -0.174. The maximum Gasteiger partial charge on any atom is 0.452 e. The third-order valence-electron chi connectivity index (χ3n) is 4.54. The minimum atomic E-state index is -5.20. The number of aromatic nitrogens is 2. The number of hydrogen-bond acceptors (Lipinski definition) is 7. The standard InChI is InChI=1S/C21H24F3N7O5.ClH/c22-21(23,24)17(33)14(7-4-8-28-19(25)26)29-16(32)10-31-12-27-9-15(18(31)34)30-20(35)36-11-13-5-2-1-3-6-13;/h1-3,5-6,9,12,14H,4,7-8,10-11H2,(H,29,32)(H,30,35)(H4,25,26,28);1H. The van der Waals surface area contributed by atoms with E-state index in [0.717, 1.165) is 17.1 Å². The Bertz CT molecular complexity index is 1160. The molecule has 0 aliphatic heterocycles. The number of ketones is 1. The second-order valence-corrected chi connectivity index (χ2v) is 7.36. The first-order valence-corrected chi connectivity index (χ1v) is 10.4. The van der Waals surface area contributed by atoms with E-state index in [9.17, 15) is 32.3 Å². The Labute approximate surface area is 214 Å². The fourth-order valence-electron chi connectivity index (χ4n) is 2.88. The molecule has 1 aromatic carbocycles. The molecular weight excluding hydrogens is 523 g/mol. The summed E-state index contributed by atoms with van der Waals surface area (Å²) in [6.45, 7) is -0.894. The molecule has 16 heteroatoms. The van der Waals surface area contributed by atoms with Gasteiger partial charge in [0.1, 0.15) is 18.8 Å². The van der Waals surface area contributed by atoms with Crippen LogP contribution in [0, 0.1) is 0 Å². The van der Waals surface area contributed by atoms with E-state index < -0.39 is 48.5 Å². The lowest BCUT2D eigenvalue weighted by Crippen LogP contribution is -2.48. The molecule has 1 aromatic heterocycles. The monoisotopic (exact) mass is 547 g/mol. The van der Waals surface area contributed by atoms with Crippen LogP contribution in [0.3, 0.4) is 0 Å². The molecule has 1 heterocycles. The van der Waals surface area contributed by atoms with Crippen LogP contribution in [0.2, 0.25) is 0 Å². The van der Waals surface area contributed by atoms with Crippen LogP contribution in [0.4, 0.5) is 23.7 Å². The maximum atomic E-state index is 12.9. The Morgan fingerprint density at radius 3 is 2.46 bits per heavy atom. The molecule has 1 atom stereocenters. The Morgan fingerprint density at radius 2 is 1.84 bits per heavy atom. The number of benzene rings is 1. The molecule has 0 fully saturated rings. The highest BCUT2D eigenvalue weighted by Crippen LogP contribution is 2.20. The zero-order chi connectivity index (χ0) is 26.7. The molecule has 12 nitrogen and oxygen atoms in total. The zero-order valence-electron chi connectivity index (χ0n) is 19.2. The molecule has 0 saturated carbocycles. The summed E-state index contributed by atoms with van der Waals surface area (Å²) in [5, 5.41) is 4.16. The van der Waals surface area contributed by atoms with Gasteiger partial charge in [0.2, 0.25) is 5.91 Å². The predicted octanol–water partition coefficient (Wildman–Crippen LogP) is 1.08. The molecule has 2 amide bonds. The maximum absolute atomic E-state index is 12.9. The van der Waals surface area contributed by atoms with Crippen LogP contribution in [0.5, 0.6) is 0 Å². The highest BCUT2D eigenvalue weighted by molar-refractivity contribution is 5.92. The molecule has 6 N–H and O–H groups in total. The second-order valence-electron chi connectivity index (χ2n) is 7.36. The van der Waals surface area contributed by atoms with E-state index in [2.05, 4.69) is 15.3 Å². The summed E-state index contributed by atoms with van der Waals surface area (Å²) in [5.41, 5.74) is 9.79. The quantitative estimate of drug-likeness (QED) is 0.183. The number of aliphatic imine (C=N–C) groups is 1. The number of carbonyl (C=O) groups excluding carboxylic acids is 3. The van der Waals surface area contributed by atoms with Crippen molar-refractivity contribution in [1.82, 2.24) is 14.9 Å². The average Bonchev–Trinajstić information content (AvgIpc) is 2.81. The van der Waals surface area contributed by atoms with Crippen LogP contribution in [0.1, 0.15) is 18.4 Å². The van der Waals surface area contributed by atoms with Gasteiger partial charge in [-0.3, -0.25) is 29.3 Å². The van der Waals surface area contributed by atoms with E-state index in [0.29, 0.717) is 5.56 Å². The number of rotatable bonds is 11. The number of alkyl halides is 3. The first kappa shape index (κ1) is 30.9. The van der Waals surface area contributed by atoms with E-state index in [1.807, 2.05) is 5.32 Å². The van der Waals surface area contributed by atoms with Gasteiger partial charge in [-0.2, -0.15) is 13.2 Å². The molecule has 0 bridgehead atoms. The van der Waals surface area contributed by atoms with Crippen LogP contribution in [0.15, 0.2) is 52.6 Å². The van der Waals surface area contributed by atoms with Crippen molar-refractivity contribution in [2.75, 3.05) is 11.9 Å². The molecule has 37 heavy (non-hydrogen) atoms. The fraction of sp³-hybridized carbons (Fsp3) is 0.333. The lowest BCUT2D eigenvalue weighted by Gasteiger charge is -2.19. The summed E-state index contributed by atoms with van der Waals surface area (Å²) >= 11 is 0. The molecule has 0 radical (unpaired) electrons. The second kappa shape index (κ2) is 14.4. The van der Waals surface area contributed by atoms with E-state index >= 15 is 0 Å². The fourth-order valence-corrected chi connectivity index (χ4v) is 2.88. The van der Waals surface area contributed by atoms with Gasteiger partial charge in [-0.25, -0.2) is 9.78 Å². The zero-order valence-corrected chi connectivity index (χ0v) is 20.1. The van der Waals surface area contributed by atoms with Crippen molar-refractivity contribution in [2.45, 2.75) is 38.2 Å². The minimum Gasteiger partial charge on any atom is -0.444 e. The molecule has 1 unspecified atom stereocenters. The highest BCUT2D eigenvalue weighted by Gasteiger charge is 2.43. The van der Waals surface area contributed by atoms with Gasteiger partial charge < -0.3 is 21.5 Å². The van der Waals surface area contributed by atoms with Crippen molar-refractivity contribution in [1.29, 1.82) is 0 Å². The van der Waals surface area contributed by atoms with Crippen molar-refractivity contribution < 1.29 is 32.3 Å². The molecule has 202 valence electrons. The number of amides is 2. The third-order valence-corrected chi connectivity index (χ3v) is 4.54. The molecule has 2 rings (SSSR count). The first-order valence-electron chi connectivity index (χ1n) is 10.4. The number of nitrogens with one attached hydrogen (secondary N) is 2. The van der Waals surface area contributed by atoms with Gasteiger partial charge in [-0.15, -0.1) is 12.4 Å². The number of hydrogen-bond donors (Lipinski definition) is 4. The number of ether oxygens (including phenoxy) is 1. The van der Waals surface area contributed by atoms with E-state index in [-0.39, 0.29) is 43.6 Å². The van der Waals surface area contributed by atoms with Gasteiger partial charge in [0.15, 0.2) is 5.96 Å². The van der Waals surface area contributed by atoms with Gasteiger partial charge in [0, 0.05) is 6.54 Å². The van der Waals surface area contributed by atoms with Crippen LogP contribution >= 0.6 is 12.4 Å². The third kappa shape index (κ3) is 10.6. The van der Waals surface area contributed by atoms with Crippen LogP contribution in [-0.2, 0) is 27.5 Å². The molecule has 0 saturated heterocycles. The Hall–Kier alpha value is -4.14. The number of halogens is 4. The Kier molecular flexibility index (Phi) is 12.0. The summed E-state index contributed by atoms with van der Waals surface area (Å²) in [6.07, 6.45) is -4.63. The lowest BCUT2D eigenvalue weighted by atomic mass is 10.1. The van der Waals surface area contributed by atoms with Crippen molar-refractivity contribution >= 4 is 41.8 Å². The highest BCUT2D eigenvalue weighted by atomic mass is 35.5. The summed E-state index contributed by atoms with van der Waals surface area (Å²) in [4.78, 5) is 55.9. The summed E-state index contributed by atoms with van der Waals surface area (Å²) < 4.78 is 44.6. The SMILES string of the molecule is Cl.NC(N)=NCCCC(NC(=O)Cn1cncc(NC(=O)OCc2ccccc2)c1=O)C(=O)C(F)(F)F. The summed E-state index contributed by atoms with van der Waals surface area (Å²) in [5.74, 6) is -3.50. The predicted molar refractivity (Wildman–Crippen MR) is 129 cm³/mol. The van der Waals surface area contributed by atoms with E-state index in [4.69, 9.17) is 16.2 Å². The molecular formula is C21H25ClF3N7O5. The van der Waals surface area contributed by atoms with Gasteiger partial charge in [0.05, 0.1) is 18.6 Å². The Morgan fingerprint density at radius 1 is 1.16 bits per heavy atom. The number of nitrogens with two attached hydrogens (primary N) is 2. The topological polar surface area (TPSA) is 184 Å². The average molecular weight is 548 g/mol. The van der Waals surface area contributed by atoms with Crippen LogP contribution in [-0.4, -0.2) is 52.1 Å². The van der Waals surface area contributed by atoms with Gasteiger partial charge in [-0.05, 0) is 18.4 Å². The van der Waals surface area contributed by atoms with E-state index in [1.54, 1.807) is 30.3 Å². The van der Waals surface area contributed by atoms with Crippen molar-refractivity contribution in [3.63, 3.8) is 0 Å². The summed E-state index contributed by atoms with van der Waals surface area (Å²) in [7, 11) is 0. The largest absolute Gasteiger partial charge is 0.452 e. The molecule has 0 spiro atoms. The van der Waals surface area contributed by atoms with Crippen molar-refractivity contribution in [3.8, 4) is 0 Å². The Balaban J connectivity index is 0.00000684. The number of Topliss-reactive ketones (excluding diaryl/α,β-unsaturated/α-hetero) is 1. The number of nitrogens with zero attached hydrogens (tertiary/aromatic N) is 3. The van der Waals surface area contributed by atoms with Crippen molar-refractivity contribution in [2.24, 2.45) is 16.5 Å². The first-order chi connectivity index (χ1) is 17.0. The van der Waals surface area contributed by atoms with Crippen LogP contribution < -0.4 is 27.7 Å². The summed E-state index contributed by atoms with van der Waals surface area (Å²) in [6, 6.07) is 6.81. The van der Waals surface area contributed by atoms with Crippen molar-refractivity contribution in [3.05, 3.63) is 58.8 Å².